The van der Waals surface area contributed by atoms with Crippen molar-refractivity contribution in [3.63, 3.8) is 0 Å². The van der Waals surface area contributed by atoms with Crippen LogP contribution in [0.1, 0.15) is 17.0 Å². The molecule has 9 nitrogen and oxygen atoms in total. The topological polar surface area (TPSA) is 140 Å². The van der Waals surface area contributed by atoms with Crippen molar-refractivity contribution in [3.05, 3.63) is 81.2 Å². The zero-order valence-electron chi connectivity index (χ0n) is 15.2. The molecule has 0 amide bonds. The SMILES string of the molecule is COc1cccc([C@H]2C(C#N)=C(N)Oc3n[nH]c(-c4cccc([N+](=O)[O-])c4)c32)c1. The number of nitrogens with two attached hydrogens (primary N) is 1. The number of nitrogens with zero attached hydrogens (tertiary/aromatic N) is 3. The van der Waals surface area contributed by atoms with Crippen molar-refractivity contribution in [2.24, 2.45) is 5.73 Å². The fourth-order valence-corrected chi connectivity index (χ4v) is 3.39. The number of aromatic nitrogens is 2. The molecule has 0 saturated heterocycles. The minimum atomic E-state index is -0.577. The molecule has 2 aromatic carbocycles. The molecule has 3 N–H and O–H groups in total. The van der Waals surface area contributed by atoms with Crippen LogP contribution in [0.15, 0.2) is 60.0 Å². The van der Waals surface area contributed by atoms with Gasteiger partial charge in [0.1, 0.15) is 17.4 Å². The maximum atomic E-state index is 11.2. The average Bonchev–Trinajstić information content (AvgIpc) is 3.16. The highest BCUT2D eigenvalue weighted by atomic mass is 16.6. The third-order valence-electron chi connectivity index (χ3n) is 4.71. The van der Waals surface area contributed by atoms with Gasteiger partial charge in [-0.05, 0) is 17.7 Å². The molecule has 1 aliphatic heterocycles. The molecule has 1 atom stereocenters. The van der Waals surface area contributed by atoms with Crippen LogP contribution >= 0.6 is 0 Å². The second kappa shape index (κ2) is 7.01. The smallest absolute Gasteiger partial charge is 0.270 e. The largest absolute Gasteiger partial charge is 0.497 e. The van der Waals surface area contributed by atoms with Crippen LogP contribution in [0.3, 0.4) is 0 Å². The lowest BCUT2D eigenvalue weighted by Gasteiger charge is -2.24. The van der Waals surface area contributed by atoms with E-state index in [1.807, 2.05) is 12.1 Å². The van der Waals surface area contributed by atoms with E-state index in [1.54, 1.807) is 31.4 Å². The van der Waals surface area contributed by atoms with Gasteiger partial charge in [-0.1, -0.05) is 24.3 Å². The number of methoxy groups -OCH3 is 1. The Hall–Kier alpha value is -4.32. The number of rotatable bonds is 4. The van der Waals surface area contributed by atoms with Crippen LogP contribution in [-0.2, 0) is 0 Å². The van der Waals surface area contributed by atoms with E-state index < -0.39 is 10.8 Å². The van der Waals surface area contributed by atoms with Crippen molar-refractivity contribution in [2.45, 2.75) is 5.92 Å². The second-order valence-electron chi connectivity index (χ2n) is 6.33. The van der Waals surface area contributed by atoms with Crippen molar-refractivity contribution >= 4 is 5.69 Å². The molecule has 2 heterocycles. The number of aromatic amines is 1. The Morgan fingerprint density at radius 3 is 2.83 bits per heavy atom. The highest BCUT2D eigenvalue weighted by Crippen LogP contribution is 2.46. The number of non-ortho nitro benzene ring substituents is 1. The summed E-state index contributed by atoms with van der Waals surface area (Å²) in [7, 11) is 1.55. The van der Waals surface area contributed by atoms with Gasteiger partial charge in [0.2, 0.25) is 11.8 Å². The number of nitriles is 1. The Kier molecular flexibility index (Phi) is 4.37. The zero-order chi connectivity index (χ0) is 20.5. The number of allylic oxidation sites excluding steroid dienone is 1. The van der Waals surface area contributed by atoms with Crippen molar-refractivity contribution in [1.29, 1.82) is 5.26 Å². The number of fused-ring (bicyclic) bond motifs is 1. The van der Waals surface area contributed by atoms with E-state index in [0.29, 0.717) is 22.6 Å². The molecule has 0 bridgehead atoms. The first-order chi connectivity index (χ1) is 14.0. The number of nitro groups is 1. The molecule has 0 unspecified atom stereocenters. The van der Waals surface area contributed by atoms with Gasteiger partial charge in [-0.25, -0.2) is 0 Å². The first-order valence-corrected chi connectivity index (χ1v) is 8.58. The van der Waals surface area contributed by atoms with Gasteiger partial charge < -0.3 is 15.2 Å². The molecular weight excluding hydrogens is 374 g/mol. The molecule has 1 aliphatic rings. The summed E-state index contributed by atoms with van der Waals surface area (Å²) in [6.45, 7) is 0. The molecule has 1 aromatic heterocycles. The summed E-state index contributed by atoms with van der Waals surface area (Å²) >= 11 is 0. The fraction of sp³-hybridized carbons (Fsp3) is 0.100. The number of benzene rings is 2. The van der Waals surface area contributed by atoms with E-state index in [0.717, 1.165) is 5.56 Å². The van der Waals surface area contributed by atoms with E-state index >= 15 is 0 Å². The lowest BCUT2D eigenvalue weighted by molar-refractivity contribution is -0.384. The summed E-state index contributed by atoms with van der Waals surface area (Å²) in [5, 5.41) is 28.0. The van der Waals surface area contributed by atoms with Gasteiger partial charge in [-0.3, -0.25) is 15.2 Å². The van der Waals surface area contributed by atoms with Crippen molar-refractivity contribution in [2.75, 3.05) is 7.11 Å². The average molecular weight is 389 g/mol. The minimum absolute atomic E-state index is 0.0371. The second-order valence-corrected chi connectivity index (χ2v) is 6.33. The number of nitro benzene ring substituents is 1. The Bertz CT molecular complexity index is 1190. The van der Waals surface area contributed by atoms with E-state index in [4.69, 9.17) is 15.2 Å². The van der Waals surface area contributed by atoms with E-state index in [9.17, 15) is 15.4 Å². The summed E-state index contributed by atoms with van der Waals surface area (Å²) in [6.07, 6.45) is 0. The fourth-order valence-electron chi connectivity index (χ4n) is 3.39. The summed E-state index contributed by atoms with van der Waals surface area (Å²) in [5.74, 6) is 0.222. The van der Waals surface area contributed by atoms with Gasteiger partial charge in [0.15, 0.2) is 0 Å². The quantitative estimate of drug-likeness (QED) is 0.515. The molecule has 4 rings (SSSR count). The zero-order valence-corrected chi connectivity index (χ0v) is 15.2. The van der Waals surface area contributed by atoms with Crippen LogP contribution in [0.2, 0.25) is 0 Å². The van der Waals surface area contributed by atoms with Crippen LogP contribution in [-0.4, -0.2) is 22.2 Å². The number of hydrogen-bond acceptors (Lipinski definition) is 7. The van der Waals surface area contributed by atoms with E-state index in [2.05, 4.69) is 16.3 Å². The van der Waals surface area contributed by atoms with Crippen LogP contribution in [0.25, 0.3) is 11.3 Å². The molecule has 29 heavy (non-hydrogen) atoms. The van der Waals surface area contributed by atoms with Gasteiger partial charge in [0, 0.05) is 17.7 Å². The summed E-state index contributed by atoms with van der Waals surface area (Å²) in [5.41, 5.74) is 8.52. The molecule has 0 aliphatic carbocycles. The van der Waals surface area contributed by atoms with E-state index in [-0.39, 0.29) is 23.0 Å². The maximum absolute atomic E-state index is 11.2. The highest BCUT2D eigenvalue weighted by Gasteiger charge is 2.36. The normalized spacial score (nSPS) is 15.2. The highest BCUT2D eigenvalue weighted by molar-refractivity contribution is 5.72. The van der Waals surface area contributed by atoms with Crippen molar-refractivity contribution in [1.82, 2.24) is 10.2 Å². The lowest BCUT2D eigenvalue weighted by atomic mass is 9.83. The van der Waals surface area contributed by atoms with Crippen LogP contribution < -0.4 is 15.2 Å². The predicted octanol–water partition coefficient (Wildman–Crippen LogP) is 3.21. The van der Waals surface area contributed by atoms with Gasteiger partial charge in [-0.2, -0.15) is 5.26 Å². The van der Waals surface area contributed by atoms with Crippen LogP contribution in [0, 0.1) is 21.4 Å². The molecule has 0 radical (unpaired) electrons. The Labute approximate surface area is 165 Å². The number of ether oxygens (including phenoxy) is 2. The van der Waals surface area contributed by atoms with Crippen molar-refractivity contribution in [3.8, 4) is 29.0 Å². The summed E-state index contributed by atoms with van der Waals surface area (Å²) in [4.78, 5) is 10.7. The number of H-pyrrole nitrogens is 1. The molecule has 0 spiro atoms. The third-order valence-corrected chi connectivity index (χ3v) is 4.71. The Morgan fingerprint density at radius 1 is 1.31 bits per heavy atom. The maximum Gasteiger partial charge on any atom is 0.270 e. The van der Waals surface area contributed by atoms with E-state index in [1.165, 1.54) is 12.1 Å². The first kappa shape index (κ1) is 18.1. The summed E-state index contributed by atoms with van der Waals surface area (Å²) in [6, 6.07) is 15.5. The Morgan fingerprint density at radius 2 is 2.10 bits per heavy atom. The predicted molar refractivity (Wildman–Crippen MR) is 103 cm³/mol. The lowest BCUT2D eigenvalue weighted by Crippen LogP contribution is -2.21. The first-order valence-electron chi connectivity index (χ1n) is 8.58. The minimum Gasteiger partial charge on any atom is -0.497 e. The molecule has 0 fully saturated rings. The molecular formula is C20H15N5O4. The third kappa shape index (κ3) is 3.02. The summed E-state index contributed by atoms with van der Waals surface area (Å²) < 4.78 is 10.9. The Balaban J connectivity index is 1.94. The van der Waals surface area contributed by atoms with Gasteiger partial charge >= 0.3 is 0 Å². The number of hydrogen-bond donors (Lipinski definition) is 2. The molecule has 144 valence electrons. The van der Waals surface area contributed by atoms with Gasteiger partial charge in [0.05, 0.1) is 29.2 Å². The van der Waals surface area contributed by atoms with Gasteiger partial charge in [0.25, 0.3) is 5.69 Å². The standard InChI is InChI=1S/C20H15N5O4/c1-28-14-7-3-4-11(9-14)16-15(10-21)19(22)29-20-17(16)18(23-24-20)12-5-2-6-13(8-12)25(26)27/h2-9,16H,22H2,1H3,(H,23,24)/t16-/m0/s1. The van der Waals surface area contributed by atoms with Crippen molar-refractivity contribution < 1.29 is 14.4 Å². The molecule has 0 saturated carbocycles. The molecule has 9 heteroatoms. The molecule has 3 aromatic rings. The monoisotopic (exact) mass is 389 g/mol. The van der Waals surface area contributed by atoms with Crippen LogP contribution in [0.5, 0.6) is 11.6 Å². The van der Waals surface area contributed by atoms with Crippen LogP contribution in [0.4, 0.5) is 5.69 Å². The van der Waals surface area contributed by atoms with Gasteiger partial charge in [-0.15, -0.1) is 5.10 Å². The number of nitrogens with one attached hydrogen (secondary N) is 1.